The second kappa shape index (κ2) is 5.95. The van der Waals surface area contributed by atoms with Gasteiger partial charge in [0.15, 0.2) is 0 Å². The number of rotatable bonds is 3. The van der Waals surface area contributed by atoms with Gasteiger partial charge in [0, 0.05) is 30.1 Å². The number of halogens is 1. The molecule has 0 spiro atoms. The van der Waals surface area contributed by atoms with E-state index in [1.807, 2.05) is 13.0 Å². The van der Waals surface area contributed by atoms with E-state index in [1.165, 1.54) is 18.8 Å². The SMILES string of the molecule is C=CN=C(C)C1=C(C)CC(C)(C)C(NC(F)=NC)=C1. The van der Waals surface area contributed by atoms with Gasteiger partial charge in [0.2, 0.25) is 0 Å². The monoisotopic (exact) mass is 263 g/mol. The molecule has 1 aliphatic carbocycles. The smallest absolute Gasteiger partial charge is 0.281 e. The van der Waals surface area contributed by atoms with Crippen LogP contribution >= 0.6 is 0 Å². The highest BCUT2D eigenvalue weighted by Crippen LogP contribution is 2.38. The van der Waals surface area contributed by atoms with Crippen molar-refractivity contribution in [3.05, 3.63) is 35.7 Å². The first-order chi connectivity index (χ1) is 8.81. The van der Waals surface area contributed by atoms with E-state index in [1.54, 1.807) is 0 Å². The Labute approximate surface area is 114 Å². The largest absolute Gasteiger partial charge is 0.319 e. The van der Waals surface area contributed by atoms with E-state index in [4.69, 9.17) is 0 Å². The standard InChI is InChI=1S/C15H22FN3/c1-7-18-11(3)12-8-13(19-14(16)17-6)15(4,5)9-10(12)2/h7-8H,1,9H2,2-6H3,(H,17,19). The van der Waals surface area contributed by atoms with Crippen LogP contribution in [0.3, 0.4) is 0 Å². The number of nitrogens with one attached hydrogen (secondary N) is 1. The Morgan fingerprint density at radius 2 is 2.16 bits per heavy atom. The first-order valence-corrected chi connectivity index (χ1v) is 6.28. The molecule has 0 heterocycles. The predicted octanol–water partition coefficient (Wildman–Crippen LogP) is 3.77. The summed E-state index contributed by atoms with van der Waals surface area (Å²) in [5.74, 6) is 0. The maximum absolute atomic E-state index is 13.4. The highest BCUT2D eigenvalue weighted by molar-refractivity contribution is 6.02. The predicted molar refractivity (Wildman–Crippen MR) is 80.1 cm³/mol. The van der Waals surface area contributed by atoms with Crippen molar-refractivity contribution < 1.29 is 4.39 Å². The molecular weight excluding hydrogens is 241 g/mol. The average molecular weight is 263 g/mol. The molecule has 0 aromatic carbocycles. The molecule has 0 bridgehead atoms. The second-order valence-electron chi connectivity index (χ2n) is 5.35. The summed E-state index contributed by atoms with van der Waals surface area (Å²) in [5, 5.41) is 2.74. The van der Waals surface area contributed by atoms with Crippen molar-refractivity contribution in [2.24, 2.45) is 15.4 Å². The van der Waals surface area contributed by atoms with Gasteiger partial charge in [-0.15, -0.1) is 0 Å². The molecule has 19 heavy (non-hydrogen) atoms. The van der Waals surface area contributed by atoms with Crippen LogP contribution in [-0.2, 0) is 0 Å². The lowest BCUT2D eigenvalue weighted by Gasteiger charge is -2.33. The van der Waals surface area contributed by atoms with Gasteiger partial charge in [-0.25, -0.2) is 4.99 Å². The molecule has 0 saturated carbocycles. The maximum atomic E-state index is 13.4. The van der Waals surface area contributed by atoms with Crippen molar-refractivity contribution in [2.75, 3.05) is 7.05 Å². The van der Waals surface area contributed by atoms with Gasteiger partial charge in [0.1, 0.15) is 0 Å². The summed E-state index contributed by atoms with van der Waals surface area (Å²) < 4.78 is 13.4. The van der Waals surface area contributed by atoms with Crippen molar-refractivity contribution in [1.29, 1.82) is 0 Å². The maximum Gasteiger partial charge on any atom is 0.281 e. The minimum atomic E-state index is -0.573. The lowest BCUT2D eigenvalue weighted by atomic mass is 9.76. The minimum Gasteiger partial charge on any atom is -0.319 e. The lowest BCUT2D eigenvalue weighted by Crippen LogP contribution is -2.32. The van der Waals surface area contributed by atoms with Gasteiger partial charge in [0.05, 0.1) is 0 Å². The minimum absolute atomic E-state index is 0.149. The van der Waals surface area contributed by atoms with Crippen molar-refractivity contribution in [2.45, 2.75) is 34.1 Å². The molecule has 1 aliphatic rings. The molecule has 0 radical (unpaired) electrons. The Morgan fingerprint density at radius 3 is 2.68 bits per heavy atom. The Balaban J connectivity index is 3.21. The molecule has 0 unspecified atom stereocenters. The van der Waals surface area contributed by atoms with E-state index in [-0.39, 0.29) is 5.41 Å². The van der Waals surface area contributed by atoms with Gasteiger partial charge < -0.3 is 5.32 Å². The van der Waals surface area contributed by atoms with E-state index in [9.17, 15) is 4.39 Å². The molecule has 0 saturated heterocycles. The van der Waals surface area contributed by atoms with Gasteiger partial charge in [-0.05, 0) is 31.9 Å². The van der Waals surface area contributed by atoms with E-state index in [2.05, 4.69) is 42.7 Å². The fraction of sp³-hybridized carbons (Fsp3) is 0.467. The molecule has 0 aromatic heterocycles. The number of amidine groups is 1. The summed E-state index contributed by atoms with van der Waals surface area (Å²) in [5.41, 5.74) is 3.83. The van der Waals surface area contributed by atoms with Gasteiger partial charge >= 0.3 is 0 Å². The normalized spacial score (nSPS) is 20.2. The summed E-state index contributed by atoms with van der Waals surface area (Å²) in [4.78, 5) is 7.72. The summed E-state index contributed by atoms with van der Waals surface area (Å²) >= 11 is 0. The van der Waals surface area contributed by atoms with Gasteiger partial charge in [-0.2, -0.15) is 4.39 Å². The number of aliphatic imine (C=N–C) groups is 2. The van der Waals surface area contributed by atoms with Gasteiger partial charge in [-0.1, -0.05) is 26.0 Å². The topological polar surface area (TPSA) is 36.8 Å². The van der Waals surface area contributed by atoms with Crippen LogP contribution < -0.4 is 5.32 Å². The fourth-order valence-corrected chi connectivity index (χ4v) is 2.31. The Bertz CT molecular complexity index is 494. The molecule has 1 N–H and O–H groups in total. The number of allylic oxidation sites excluding steroid dienone is 4. The molecule has 1 rings (SSSR count). The van der Waals surface area contributed by atoms with E-state index < -0.39 is 6.09 Å². The Morgan fingerprint density at radius 1 is 1.53 bits per heavy atom. The van der Waals surface area contributed by atoms with Crippen LogP contribution in [0.15, 0.2) is 45.7 Å². The molecule has 0 aromatic rings. The summed E-state index contributed by atoms with van der Waals surface area (Å²) in [6.07, 6.45) is 3.75. The highest BCUT2D eigenvalue weighted by Gasteiger charge is 2.30. The van der Waals surface area contributed by atoms with Gasteiger partial charge in [0.25, 0.3) is 6.09 Å². The molecule has 0 aliphatic heterocycles. The molecule has 104 valence electrons. The summed E-state index contributed by atoms with van der Waals surface area (Å²) in [7, 11) is 1.42. The molecule has 4 heteroatoms. The number of hydrogen-bond donors (Lipinski definition) is 1. The number of hydrogen-bond acceptors (Lipinski definition) is 2. The second-order valence-corrected chi connectivity index (χ2v) is 5.35. The summed E-state index contributed by atoms with van der Waals surface area (Å²) in [6.45, 7) is 11.8. The zero-order valence-electron chi connectivity index (χ0n) is 12.3. The van der Waals surface area contributed by atoms with E-state index in [0.29, 0.717) is 0 Å². The van der Waals surface area contributed by atoms with Crippen molar-refractivity contribution >= 4 is 11.8 Å². The Hall–Kier alpha value is -1.71. The molecule has 3 nitrogen and oxygen atoms in total. The van der Waals surface area contributed by atoms with Crippen LogP contribution in [-0.4, -0.2) is 18.8 Å². The van der Waals surface area contributed by atoms with E-state index in [0.717, 1.165) is 23.4 Å². The van der Waals surface area contributed by atoms with Crippen LogP contribution in [0.4, 0.5) is 4.39 Å². The third-order valence-electron chi connectivity index (χ3n) is 3.29. The average Bonchev–Trinajstić information content (AvgIpc) is 2.31. The quantitative estimate of drug-likeness (QED) is 0.470. The molecular formula is C15H22FN3. The summed E-state index contributed by atoms with van der Waals surface area (Å²) in [6, 6.07) is 0. The van der Waals surface area contributed by atoms with Crippen LogP contribution in [0.1, 0.15) is 34.1 Å². The first kappa shape index (κ1) is 15.3. The zero-order valence-corrected chi connectivity index (χ0v) is 12.3. The number of nitrogens with zero attached hydrogens (tertiary/aromatic N) is 2. The van der Waals surface area contributed by atoms with Crippen LogP contribution in [0.25, 0.3) is 0 Å². The zero-order chi connectivity index (χ0) is 14.6. The van der Waals surface area contributed by atoms with Crippen molar-refractivity contribution in [1.82, 2.24) is 5.32 Å². The first-order valence-electron chi connectivity index (χ1n) is 6.28. The van der Waals surface area contributed by atoms with Crippen molar-refractivity contribution in [3.8, 4) is 0 Å². The van der Waals surface area contributed by atoms with Crippen LogP contribution in [0.5, 0.6) is 0 Å². The molecule has 0 atom stereocenters. The highest BCUT2D eigenvalue weighted by atomic mass is 19.1. The molecule has 0 amide bonds. The van der Waals surface area contributed by atoms with Crippen LogP contribution in [0.2, 0.25) is 0 Å². The fourth-order valence-electron chi connectivity index (χ4n) is 2.31. The Kier molecular flexibility index (Phi) is 4.81. The lowest BCUT2D eigenvalue weighted by molar-refractivity contribution is 0.414. The van der Waals surface area contributed by atoms with Gasteiger partial charge in [-0.3, -0.25) is 4.99 Å². The van der Waals surface area contributed by atoms with Crippen molar-refractivity contribution in [3.63, 3.8) is 0 Å². The third kappa shape index (κ3) is 3.63. The molecule has 0 fully saturated rings. The van der Waals surface area contributed by atoms with Crippen LogP contribution in [0, 0.1) is 5.41 Å². The van der Waals surface area contributed by atoms with E-state index >= 15 is 0 Å². The third-order valence-corrected chi connectivity index (χ3v) is 3.29.